The number of hydrogen-bond donors (Lipinski definition) is 3. The Bertz CT molecular complexity index is 1000. The van der Waals surface area contributed by atoms with Gasteiger partial charge in [0.05, 0.1) is 5.69 Å². The monoisotopic (exact) mass is 417 g/mol. The maximum atomic E-state index is 9.39. The number of nitrogens with one attached hydrogen (secondary N) is 2. The highest BCUT2D eigenvalue weighted by atomic mass is 16.3. The van der Waals surface area contributed by atoms with Gasteiger partial charge in [0.15, 0.2) is 0 Å². The molecule has 6 nitrogen and oxygen atoms in total. The number of hydrogen-bond acceptors (Lipinski definition) is 6. The van der Waals surface area contributed by atoms with Crippen LogP contribution in [-0.4, -0.2) is 51.7 Å². The van der Waals surface area contributed by atoms with Gasteiger partial charge >= 0.3 is 0 Å². The largest absolute Gasteiger partial charge is 0.508 e. The van der Waals surface area contributed by atoms with E-state index in [-0.39, 0.29) is 11.3 Å². The Morgan fingerprint density at radius 1 is 1.10 bits per heavy atom. The van der Waals surface area contributed by atoms with Crippen LogP contribution in [0.2, 0.25) is 0 Å². The summed E-state index contributed by atoms with van der Waals surface area (Å²) in [6.07, 6.45) is 2.64. The summed E-state index contributed by atoms with van der Waals surface area (Å²) in [7, 11) is 0. The number of nitrogens with zero attached hydrogens (tertiary/aromatic N) is 3. The third-order valence-corrected chi connectivity index (χ3v) is 5.86. The summed E-state index contributed by atoms with van der Waals surface area (Å²) in [5.41, 5.74) is 4.63. The summed E-state index contributed by atoms with van der Waals surface area (Å²) in [5, 5.41) is 16.2. The van der Waals surface area contributed by atoms with Crippen LogP contribution in [0.4, 0.5) is 5.95 Å². The van der Waals surface area contributed by atoms with Gasteiger partial charge in [-0.1, -0.05) is 30.3 Å². The minimum Gasteiger partial charge on any atom is -0.508 e. The Hall–Kier alpha value is -2.96. The molecule has 162 valence electrons. The van der Waals surface area contributed by atoms with E-state index in [2.05, 4.69) is 58.6 Å². The number of phenols is 1. The second-order valence-corrected chi connectivity index (χ2v) is 8.72. The van der Waals surface area contributed by atoms with Crippen LogP contribution in [0.15, 0.2) is 60.8 Å². The van der Waals surface area contributed by atoms with Gasteiger partial charge in [-0.25, -0.2) is 9.97 Å². The normalized spacial score (nSPS) is 16.2. The molecule has 2 aromatic carbocycles. The van der Waals surface area contributed by atoms with Gasteiger partial charge in [0.1, 0.15) is 5.75 Å². The molecule has 0 aliphatic carbocycles. The molecule has 1 fully saturated rings. The first-order valence-electron chi connectivity index (χ1n) is 10.9. The number of aromatic nitrogens is 2. The van der Waals surface area contributed by atoms with E-state index < -0.39 is 0 Å². The minimum atomic E-state index is 0.151. The molecule has 0 amide bonds. The van der Waals surface area contributed by atoms with Crippen LogP contribution in [0, 0.1) is 0 Å². The summed E-state index contributed by atoms with van der Waals surface area (Å²) >= 11 is 0. The molecule has 1 aliphatic rings. The Balaban J connectivity index is 1.41. The van der Waals surface area contributed by atoms with Crippen molar-refractivity contribution in [3.8, 4) is 17.0 Å². The Morgan fingerprint density at radius 3 is 2.74 bits per heavy atom. The molecular formula is C25H31N5O. The lowest BCUT2D eigenvalue weighted by Gasteiger charge is -2.43. The molecule has 1 aromatic heterocycles. The highest BCUT2D eigenvalue weighted by Crippen LogP contribution is 2.23. The van der Waals surface area contributed by atoms with Crippen LogP contribution in [0.1, 0.15) is 25.0 Å². The molecule has 31 heavy (non-hydrogen) atoms. The van der Waals surface area contributed by atoms with Crippen LogP contribution in [0.25, 0.3) is 11.3 Å². The second kappa shape index (κ2) is 9.45. The zero-order chi connectivity index (χ0) is 21.7. The molecule has 0 atom stereocenters. The Labute approximate surface area is 184 Å². The molecule has 3 aromatic rings. The van der Waals surface area contributed by atoms with Crippen molar-refractivity contribution < 1.29 is 5.11 Å². The van der Waals surface area contributed by atoms with E-state index in [1.165, 1.54) is 5.56 Å². The summed E-state index contributed by atoms with van der Waals surface area (Å²) in [6, 6.07) is 17.9. The fraction of sp³-hybridized carbons (Fsp3) is 0.360. The topological polar surface area (TPSA) is 73.3 Å². The van der Waals surface area contributed by atoms with E-state index in [1.807, 2.05) is 18.2 Å². The van der Waals surface area contributed by atoms with E-state index in [4.69, 9.17) is 4.98 Å². The Morgan fingerprint density at radius 2 is 1.94 bits per heavy atom. The van der Waals surface area contributed by atoms with Crippen LogP contribution in [0.3, 0.4) is 0 Å². The second-order valence-electron chi connectivity index (χ2n) is 8.72. The van der Waals surface area contributed by atoms with Gasteiger partial charge in [-0.15, -0.1) is 0 Å². The van der Waals surface area contributed by atoms with Gasteiger partial charge in [0, 0.05) is 50.0 Å². The maximum Gasteiger partial charge on any atom is 0.223 e. The highest BCUT2D eigenvalue weighted by Gasteiger charge is 2.29. The van der Waals surface area contributed by atoms with E-state index in [0.29, 0.717) is 5.95 Å². The number of rotatable bonds is 7. The molecule has 4 rings (SSSR count). The number of anilines is 1. The molecule has 1 saturated heterocycles. The zero-order valence-electron chi connectivity index (χ0n) is 18.3. The summed E-state index contributed by atoms with van der Waals surface area (Å²) in [4.78, 5) is 11.6. The lowest BCUT2D eigenvalue weighted by atomic mass is 9.98. The van der Waals surface area contributed by atoms with Crippen LogP contribution < -0.4 is 10.6 Å². The lowest BCUT2D eigenvalue weighted by Crippen LogP contribution is -2.57. The first kappa shape index (κ1) is 21.3. The van der Waals surface area contributed by atoms with E-state index in [9.17, 15) is 5.11 Å². The van der Waals surface area contributed by atoms with Gasteiger partial charge in [-0.3, -0.25) is 4.90 Å². The molecule has 0 unspecified atom stereocenters. The first-order valence-corrected chi connectivity index (χ1v) is 10.9. The number of phenolic OH excluding ortho intramolecular Hbond substituents is 1. The zero-order valence-corrected chi connectivity index (χ0v) is 18.3. The average molecular weight is 418 g/mol. The van der Waals surface area contributed by atoms with Gasteiger partial charge in [-0.05, 0) is 55.7 Å². The van der Waals surface area contributed by atoms with Gasteiger partial charge in [-0.2, -0.15) is 0 Å². The molecule has 3 N–H and O–H groups in total. The van der Waals surface area contributed by atoms with Crippen molar-refractivity contribution in [1.82, 2.24) is 20.2 Å². The molecule has 1 aliphatic heterocycles. The van der Waals surface area contributed by atoms with Crippen molar-refractivity contribution >= 4 is 5.95 Å². The van der Waals surface area contributed by atoms with Gasteiger partial charge in [0.25, 0.3) is 0 Å². The number of benzene rings is 2. The quantitative estimate of drug-likeness (QED) is 0.545. The number of piperazine rings is 1. The molecule has 0 spiro atoms. The molecule has 2 heterocycles. The Kier molecular flexibility index (Phi) is 6.49. The molecule has 0 bridgehead atoms. The highest BCUT2D eigenvalue weighted by molar-refractivity contribution is 5.61. The van der Waals surface area contributed by atoms with Gasteiger partial charge in [0.2, 0.25) is 5.95 Å². The summed E-state index contributed by atoms with van der Waals surface area (Å²) < 4.78 is 0. The maximum absolute atomic E-state index is 9.39. The van der Waals surface area contributed by atoms with Crippen molar-refractivity contribution in [2.24, 2.45) is 0 Å². The molecule has 0 radical (unpaired) electrons. The molecular weight excluding hydrogens is 386 g/mol. The van der Waals surface area contributed by atoms with Crippen molar-refractivity contribution in [2.45, 2.75) is 32.4 Å². The molecule has 6 heteroatoms. The SMILES string of the molecule is CC1(C)CNCCN1Cc1cccc(-c2ccnc(NCCc3ccc(O)cc3)n2)c1. The standard InChI is InChI=1S/C25H31N5O/c1-25(2)18-26-14-15-30(25)17-20-4-3-5-21(16-20)23-11-13-28-24(29-23)27-12-10-19-6-8-22(31)9-7-19/h3-9,11,13,16,26,31H,10,12,14-15,17-18H2,1-2H3,(H,27,28,29). The summed E-state index contributed by atoms with van der Waals surface area (Å²) in [5.74, 6) is 0.917. The smallest absolute Gasteiger partial charge is 0.223 e. The minimum absolute atomic E-state index is 0.151. The fourth-order valence-corrected chi connectivity index (χ4v) is 3.95. The fourth-order valence-electron chi connectivity index (χ4n) is 3.95. The third-order valence-electron chi connectivity index (χ3n) is 5.86. The summed E-state index contributed by atoms with van der Waals surface area (Å²) in [6.45, 7) is 9.36. The molecule has 0 saturated carbocycles. The lowest BCUT2D eigenvalue weighted by molar-refractivity contribution is 0.0828. The predicted molar refractivity (Wildman–Crippen MR) is 125 cm³/mol. The van der Waals surface area contributed by atoms with Crippen LogP contribution in [0.5, 0.6) is 5.75 Å². The van der Waals surface area contributed by atoms with E-state index in [1.54, 1.807) is 18.3 Å². The third kappa shape index (κ3) is 5.60. The average Bonchev–Trinajstić information content (AvgIpc) is 2.77. The van der Waals surface area contributed by atoms with Crippen molar-refractivity contribution in [3.63, 3.8) is 0 Å². The van der Waals surface area contributed by atoms with Crippen LogP contribution in [-0.2, 0) is 13.0 Å². The number of aromatic hydroxyl groups is 1. The van der Waals surface area contributed by atoms with E-state index >= 15 is 0 Å². The van der Waals surface area contributed by atoms with Crippen molar-refractivity contribution in [1.29, 1.82) is 0 Å². The van der Waals surface area contributed by atoms with Crippen molar-refractivity contribution in [2.75, 3.05) is 31.5 Å². The predicted octanol–water partition coefficient (Wildman–Crippen LogP) is 3.69. The van der Waals surface area contributed by atoms with Gasteiger partial charge < -0.3 is 15.7 Å². The van der Waals surface area contributed by atoms with E-state index in [0.717, 1.165) is 56.0 Å². The first-order chi connectivity index (χ1) is 15.0. The van der Waals surface area contributed by atoms with Crippen LogP contribution >= 0.6 is 0 Å². The van der Waals surface area contributed by atoms with Crippen molar-refractivity contribution in [3.05, 3.63) is 71.9 Å².